The quantitative estimate of drug-likeness (QED) is 0.570. The molecule has 0 saturated heterocycles. The van der Waals surface area contributed by atoms with Gasteiger partial charge in [0.25, 0.3) is 0 Å². The second-order valence-corrected chi connectivity index (χ2v) is 5.92. The molecule has 0 aliphatic heterocycles. The van der Waals surface area contributed by atoms with Gasteiger partial charge in [-0.25, -0.2) is 9.37 Å². The third kappa shape index (κ3) is 2.05. The number of H-pyrrole nitrogens is 1. The lowest BCUT2D eigenvalue weighted by Crippen LogP contribution is -1.85. The van der Waals surface area contributed by atoms with Crippen molar-refractivity contribution in [2.24, 2.45) is 0 Å². The van der Waals surface area contributed by atoms with Crippen LogP contribution in [0.15, 0.2) is 40.9 Å². The van der Waals surface area contributed by atoms with Gasteiger partial charge in [0.15, 0.2) is 5.82 Å². The molecule has 0 saturated carbocycles. The van der Waals surface area contributed by atoms with Gasteiger partial charge in [-0.3, -0.25) is 0 Å². The van der Waals surface area contributed by atoms with Crippen LogP contribution in [0.3, 0.4) is 0 Å². The first-order valence-corrected chi connectivity index (χ1v) is 7.12. The van der Waals surface area contributed by atoms with Crippen LogP contribution >= 0.6 is 38.5 Å². The maximum Gasteiger partial charge on any atom is 0.151 e. The molecule has 0 unspecified atom stereocenters. The molecule has 1 N–H and O–H groups in total. The van der Waals surface area contributed by atoms with Crippen molar-refractivity contribution in [1.29, 1.82) is 0 Å². The number of para-hydroxylation sites is 1. The Morgan fingerprint density at radius 1 is 1.22 bits per heavy atom. The minimum atomic E-state index is -0.306. The molecular weight excluding hydrogens is 410 g/mol. The van der Waals surface area contributed by atoms with Crippen LogP contribution in [-0.2, 0) is 0 Å². The Balaban J connectivity index is 2.26. The van der Waals surface area contributed by atoms with Crippen LogP contribution in [0.2, 0.25) is 0 Å². The van der Waals surface area contributed by atoms with E-state index in [1.807, 2.05) is 24.3 Å². The summed E-state index contributed by atoms with van der Waals surface area (Å²) < 4.78 is 15.6. The molecule has 0 bridgehead atoms. The molecule has 0 radical (unpaired) electrons. The number of nitrogens with one attached hydrogen (secondary N) is 1. The zero-order valence-corrected chi connectivity index (χ0v) is 12.8. The van der Waals surface area contributed by atoms with E-state index in [2.05, 4.69) is 48.5 Å². The molecule has 2 aromatic carbocycles. The maximum absolute atomic E-state index is 13.6. The first-order chi connectivity index (χ1) is 8.65. The minimum absolute atomic E-state index is 0.306. The molecular formula is C13H7BrFIN2. The molecule has 2 nitrogen and oxygen atoms in total. The fraction of sp³-hybridized carbons (Fsp3) is 0. The molecule has 1 heterocycles. The van der Waals surface area contributed by atoms with E-state index in [-0.39, 0.29) is 5.82 Å². The maximum atomic E-state index is 13.6. The Kier molecular flexibility index (Phi) is 3.11. The van der Waals surface area contributed by atoms with Crippen LogP contribution in [0.1, 0.15) is 0 Å². The number of rotatable bonds is 1. The SMILES string of the molecule is Fc1cccc2[nH]c(-c3cc(Br)ccc3I)nc12. The fourth-order valence-electron chi connectivity index (χ4n) is 1.80. The molecule has 0 aliphatic rings. The Morgan fingerprint density at radius 2 is 2.06 bits per heavy atom. The second kappa shape index (κ2) is 4.62. The highest BCUT2D eigenvalue weighted by molar-refractivity contribution is 14.1. The standard InChI is InChI=1S/C13H7BrFIN2/c14-7-4-5-10(16)8(6-7)13-17-11-3-1-2-9(15)12(11)18-13/h1-6H,(H,17,18). The van der Waals surface area contributed by atoms with Gasteiger partial charge in [-0.2, -0.15) is 0 Å². The van der Waals surface area contributed by atoms with Gasteiger partial charge in [-0.05, 0) is 52.9 Å². The topological polar surface area (TPSA) is 28.7 Å². The van der Waals surface area contributed by atoms with Crippen LogP contribution in [-0.4, -0.2) is 9.97 Å². The van der Waals surface area contributed by atoms with Gasteiger partial charge in [-0.1, -0.05) is 22.0 Å². The van der Waals surface area contributed by atoms with Crippen molar-refractivity contribution in [3.63, 3.8) is 0 Å². The molecule has 0 atom stereocenters. The largest absolute Gasteiger partial charge is 0.338 e. The summed E-state index contributed by atoms with van der Waals surface area (Å²) in [7, 11) is 0. The number of aromatic amines is 1. The first kappa shape index (κ1) is 12.1. The summed E-state index contributed by atoms with van der Waals surface area (Å²) in [6.45, 7) is 0. The number of fused-ring (bicyclic) bond motifs is 1. The van der Waals surface area contributed by atoms with Gasteiger partial charge in [0.1, 0.15) is 11.3 Å². The minimum Gasteiger partial charge on any atom is -0.338 e. The number of imidazole rings is 1. The number of hydrogen-bond donors (Lipinski definition) is 1. The molecule has 5 heteroatoms. The lowest BCUT2D eigenvalue weighted by Gasteiger charge is -2.01. The summed E-state index contributed by atoms with van der Waals surface area (Å²) in [6, 6.07) is 10.8. The smallest absolute Gasteiger partial charge is 0.151 e. The molecule has 90 valence electrons. The number of hydrogen-bond acceptors (Lipinski definition) is 1. The summed E-state index contributed by atoms with van der Waals surface area (Å²) >= 11 is 5.67. The third-order valence-electron chi connectivity index (χ3n) is 2.65. The van der Waals surface area contributed by atoms with Crippen LogP contribution in [0.5, 0.6) is 0 Å². The average Bonchev–Trinajstić information content (AvgIpc) is 2.77. The van der Waals surface area contributed by atoms with Crippen LogP contribution in [0.25, 0.3) is 22.4 Å². The average molecular weight is 417 g/mol. The molecule has 0 spiro atoms. The van der Waals surface area contributed by atoms with E-state index in [1.54, 1.807) is 6.07 Å². The zero-order valence-electron chi connectivity index (χ0n) is 9.05. The highest BCUT2D eigenvalue weighted by Crippen LogP contribution is 2.28. The van der Waals surface area contributed by atoms with Crippen LogP contribution in [0.4, 0.5) is 4.39 Å². The number of aromatic nitrogens is 2. The normalized spacial score (nSPS) is 11.1. The van der Waals surface area contributed by atoms with Gasteiger partial charge in [0.05, 0.1) is 5.52 Å². The lowest BCUT2D eigenvalue weighted by atomic mass is 10.2. The van der Waals surface area contributed by atoms with E-state index in [0.29, 0.717) is 16.9 Å². The highest BCUT2D eigenvalue weighted by atomic mass is 127. The van der Waals surface area contributed by atoms with E-state index in [9.17, 15) is 4.39 Å². The molecule has 3 aromatic rings. The van der Waals surface area contributed by atoms with E-state index in [4.69, 9.17) is 0 Å². The van der Waals surface area contributed by atoms with Crippen molar-refractivity contribution in [2.45, 2.75) is 0 Å². The Hall–Kier alpha value is -0.950. The molecule has 18 heavy (non-hydrogen) atoms. The first-order valence-electron chi connectivity index (χ1n) is 5.25. The van der Waals surface area contributed by atoms with E-state index < -0.39 is 0 Å². The summed E-state index contributed by atoms with van der Waals surface area (Å²) in [5.74, 6) is 0.376. The molecule has 0 amide bonds. The zero-order chi connectivity index (χ0) is 12.7. The highest BCUT2D eigenvalue weighted by Gasteiger charge is 2.11. The van der Waals surface area contributed by atoms with Crippen LogP contribution < -0.4 is 0 Å². The van der Waals surface area contributed by atoms with Crippen molar-refractivity contribution in [1.82, 2.24) is 9.97 Å². The van der Waals surface area contributed by atoms with Crippen molar-refractivity contribution in [3.8, 4) is 11.4 Å². The number of halogens is 3. The summed E-state index contributed by atoms with van der Waals surface area (Å²) in [6.07, 6.45) is 0. The monoisotopic (exact) mass is 416 g/mol. The number of nitrogens with zero attached hydrogens (tertiary/aromatic N) is 1. The summed E-state index contributed by atoms with van der Waals surface area (Å²) in [5.41, 5.74) is 2.05. The van der Waals surface area contributed by atoms with Crippen molar-refractivity contribution in [3.05, 3.63) is 50.3 Å². The molecule has 3 rings (SSSR count). The van der Waals surface area contributed by atoms with Gasteiger partial charge in [0, 0.05) is 13.6 Å². The van der Waals surface area contributed by atoms with Crippen molar-refractivity contribution >= 4 is 49.6 Å². The van der Waals surface area contributed by atoms with E-state index in [0.717, 1.165) is 13.6 Å². The third-order valence-corrected chi connectivity index (χ3v) is 4.08. The van der Waals surface area contributed by atoms with Crippen molar-refractivity contribution in [2.75, 3.05) is 0 Å². The predicted octanol–water partition coefficient (Wildman–Crippen LogP) is 4.74. The van der Waals surface area contributed by atoms with Gasteiger partial charge < -0.3 is 4.98 Å². The molecule has 0 aliphatic carbocycles. The Labute approximate surface area is 125 Å². The summed E-state index contributed by atoms with van der Waals surface area (Å²) in [5, 5.41) is 0. The Morgan fingerprint density at radius 3 is 2.83 bits per heavy atom. The molecule has 0 fully saturated rings. The van der Waals surface area contributed by atoms with E-state index in [1.165, 1.54) is 6.07 Å². The van der Waals surface area contributed by atoms with Crippen LogP contribution in [0, 0.1) is 9.39 Å². The fourth-order valence-corrected chi connectivity index (χ4v) is 2.76. The Bertz CT molecular complexity index is 739. The summed E-state index contributed by atoms with van der Waals surface area (Å²) in [4.78, 5) is 7.47. The van der Waals surface area contributed by atoms with Crippen molar-refractivity contribution < 1.29 is 4.39 Å². The molecule has 1 aromatic heterocycles. The van der Waals surface area contributed by atoms with Gasteiger partial charge in [-0.15, -0.1) is 0 Å². The van der Waals surface area contributed by atoms with E-state index >= 15 is 0 Å². The second-order valence-electron chi connectivity index (χ2n) is 3.85. The predicted molar refractivity (Wildman–Crippen MR) is 81.9 cm³/mol. The van der Waals surface area contributed by atoms with Gasteiger partial charge >= 0.3 is 0 Å². The lowest BCUT2D eigenvalue weighted by molar-refractivity contribution is 0.637. The van der Waals surface area contributed by atoms with Gasteiger partial charge in [0.2, 0.25) is 0 Å². The number of benzene rings is 2.